The Labute approximate surface area is 338 Å². The SMILES string of the molecule is COC(=O)NC(C(=O)N1CCC[C@H]1c1ncc(-c2ccc(-c3ccc(-c4cnc(CN(CC5(C)OCCCO5)C(=O)OCc5ccccc5)[nH]4)cc3)cc2)[nH]1)C(C)C. The van der Waals surface area contributed by atoms with Gasteiger partial charge in [-0.3, -0.25) is 9.69 Å². The van der Waals surface area contributed by atoms with Crippen molar-refractivity contribution in [2.24, 2.45) is 5.92 Å². The number of benzene rings is 3. The molecule has 2 atom stereocenters. The minimum atomic E-state index is -0.946. The second kappa shape index (κ2) is 18.1. The highest BCUT2D eigenvalue weighted by Crippen LogP contribution is 2.33. The number of carbonyl (C=O) groups excluding carboxylic acids is 3. The van der Waals surface area contributed by atoms with E-state index in [0.29, 0.717) is 25.6 Å². The molecule has 4 heterocycles. The lowest BCUT2D eigenvalue weighted by atomic mass is 10.0. The predicted octanol–water partition coefficient (Wildman–Crippen LogP) is 7.47. The Morgan fingerprint density at radius 2 is 1.50 bits per heavy atom. The van der Waals surface area contributed by atoms with Gasteiger partial charge in [0.1, 0.15) is 24.3 Å². The summed E-state index contributed by atoms with van der Waals surface area (Å²) in [6.07, 6.45) is 4.89. The van der Waals surface area contributed by atoms with Crippen molar-refractivity contribution in [3.05, 3.63) is 108 Å². The van der Waals surface area contributed by atoms with E-state index in [-0.39, 0.29) is 37.6 Å². The number of imidazole rings is 2. The molecule has 2 aliphatic heterocycles. The molecule has 0 spiro atoms. The van der Waals surface area contributed by atoms with Crippen LogP contribution in [0.5, 0.6) is 0 Å². The Balaban J connectivity index is 0.990. The van der Waals surface area contributed by atoms with Crippen molar-refractivity contribution in [3.63, 3.8) is 0 Å². The predicted molar refractivity (Wildman–Crippen MR) is 217 cm³/mol. The fourth-order valence-corrected chi connectivity index (χ4v) is 7.41. The van der Waals surface area contributed by atoms with Crippen molar-refractivity contribution in [2.75, 3.05) is 33.4 Å². The highest BCUT2D eigenvalue weighted by atomic mass is 16.7. The largest absolute Gasteiger partial charge is 0.453 e. The number of rotatable bonds is 13. The number of hydrogen-bond acceptors (Lipinski definition) is 9. The van der Waals surface area contributed by atoms with Crippen molar-refractivity contribution in [2.45, 2.75) is 71.1 Å². The summed E-state index contributed by atoms with van der Waals surface area (Å²) in [7, 11) is 1.29. The van der Waals surface area contributed by atoms with E-state index >= 15 is 0 Å². The molecule has 5 aromatic rings. The van der Waals surface area contributed by atoms with Crippen LogP contribution in [-0.4, -0.2) is 93.1 Å². The Kier molecular flexibility index (Phi) is 12.5. The van der Waals surface area contributed by atoms with E-state index in [0.717, 1.165) is 64.3 Å². The number of nitrogens with one attached hydrogen (secondary N) is 3. The highest BCUT2D eigenvalue weighted by molar-refractivity contribution is 5.86. The number of ether oxygens (including phenoxy) is 4. The molecule has 2 saturated heterocycles. The Morgan fingerprint density at radius 3 is 2.14 bits per heavy atom. The number of hydrogen-bond donors (Lipinski definition) is 3. The summed E-state index contributed by atoms with van der Waals surface area (Å²) in [6, 6.07) is 25.1. The van der Waals surface area contributed by atoms with E-state index in [4.69, 9.17) is 18.9 Å². The molecule has 1 unspecified atom stereocenters. The van der Waals surface area contributed by atoms with Crippen LogP contribution in [0.4, 0.5) is 9.59 Å². The van der Waals surface area contributed by atoms with E-state index in [1.807, 2.05) is 68.1 Å². The molecule has 0 bridgehead atoms. The lowest BCUT2D eigenvalue weighted by Gasteiger charge is -2.37. The van der Waals surface area contributed by atoms with Gasteiger partial charge >= 0.3 is 12.2 Å². The molecular formula is C44H51N7O7. The number of aromatic nitrogens is 4. The maximum absolute atomic E-state index is 13.5. The first kappa shape index (κ1) is 40.2. The summed E-state index contributed by atoms with van der Waals surface area (Å²) in [5.41, 5.74) is 6.60. The monoisotopic (exact) mass is 789 g/mol. The number of alkyl carbamates (subject to hydrolysis) is 1. The number of carbonyl (C=O) groups is 3. The number of amides is 3. The molecule has 3 amide bonds. The summed E-state index contributed by atoms with van der Waals surface area (Å²) in [5.74, 6) is 0.136. The van der Waals surface area contributed by atoms with Crippen molar-refractivity contribution in [3.8, 4) is 33.6 Å². The molecule has 3 N–H and O–H groups in total. The van der Waals surface area contributed by atoms with E-state index in [9.17, 15) is 14.4 Å². The van der Waals surface area contributed by atoms with Crippen molar-refractivity contribution in [1.82, 2.24) is 35.1 Å². The first-order valence-electron chi connectivity index (χ1n) is 19.8. The summed E-state index contributed by atoms with van der Waals surface area (Å²) in [5, 5.41) is 2.70. The van der Waals surface area contributed by atoms with Crippen LogP contribution in [-0.2, 0) is 36.9 Å². The van der Waals surface area contributed by atoms with E-state index < -0.39 is 24.0 Å². The van der Waals surface area contributed by atoms with Gasteiger partial charge in [0.25, 0.3) is 0 Å². The molecular weight excluding hydrogens is 739 g/mol. The number of H-pyrrole nitrogens is 2. The molecule has 14 heteroatoms. The standard InChI is InChI=1S/C44H51N7O7/c1-29(2)39(49-42(53)55-4)41(52)51-21-8-12-37(51)40-46-25-36(48-40)34-19-15-32(16-20-34)31-13-17-33(18-14-31)35-24-45-38(47-35)26-50(28-44(3)57-22-9-23-58-44)43(54)56-27-30-10-6-5-7-11-30/h5-7,10-11,13-20,24-25,29,37,39H,8-9,12,21-23,26-28H2,1-4H3,(H,45,47)(H,46,48)(H,49,53)/t37-,39?/m0/s1. The van der Waals surface area contributed by atoms with Crippen molar-refractivity contribution in [1.29, 1.82) is 0 Å². The number of likely N-dealkylation sites (tertiary alicyclic amines) is 1. The molecule has 2 fully saturated rings. The van der Waals surface area contributed by atoms with E-state index in [2.05, 4.69) is 61.7 Å². The van der Waals surface area contributed by atoms with Gasteiger partial charge in [-0.15, -0.1) is 0 Å². The number of aromatic amines is 2. The van der Waals surface area contributed by atoms with Crippen LogP contribution in [0.3, 0.4) is 0 Å². The zero-order valence-electron chi connectivity index (χ0n) is 33.4. The lowest BCUT2D eigenvalue weighted by Crippen LogP contribution is -2.51. The zero-order valence-corrected chi connectivity index (χ0v) is 33.4. The second-order valence-corrected chi connectivity index (χ2v) is 15.2. The first-order valence-corrected chi connectivity index (χ1v) is 19.8. The molecule has 2 aromatic heterocycles. The van der Waals surface area contributed by atoms with Gasteiger partial charge in [0, 0.05) is 6.54 Å². The zero-order chi connectivity index (χ0) is 40.6. The van der Waals surface area contributed by atoms with Crippen LogP contribution < -0.4 is 5.32 Å². The molecule has 0 saturated carbocycles. The van der Waals surface area contributed by atoms with Gasteiger partial charge in [0.15, 0.2) is 5.79 Å². The third-order valence-corrected chi connectivity index (χ3v) is 10.6. The Hall–Kier alpha value is -5.99. The molecule has 0 radical (unpaired) electrons. The second-order valence-electron chi connectivity index (χ2n) is 15.2. The maximum Gasteiger partial charge on any atom is 0.410 e. The third kappa shape index (κ3) is 9.57. The van der Waals surface area contributed by atoms with Crippen molar-refractivity contribution < 1.29 is 33.3 Å². The minimum absolute atomic E-state index is 0.106. The van der Waals surface area contributed by atoms with Crippen LogP contribution >= 0.6 is 0 Å². The maximum atomic E-state index is 13.5. The topological polar surface area (TPSA) is 164 Å². The fraction of sp³-hybridized carbons (Fsp3) is 0.386. The average molecular weight is 790 g/mol. The minimum Gasteiger partial charge on any atom is -0.453 e. The fourth-order valence-electron chi connectivity index (χ4n) is 7.41. The normalized spacial score (nSPS) is 16.8. The quantitative estimate of drug-likeness (QED) is 0.110. The van der Waals surface area contributed by atoms with Crippen LogP contribution in [0.1, 0.15) is 63.3 Å². The third-order valence-electron chi connectivity index (χ3n) is 10.6. The number of methoxy groups -OCH3 is 1. The first-order chi connectivity index (χ1) is 28.1. The molecule has 7 rings (SSSR count). The van der Waals surface area contributed by atoms with Crippen LogP contribution in [0.25, 0.3) is 33.6 Å². The molecule has 2 aliphatic rings. The van der Waals surface area contributed by atoms with Gasteiger partial charge in [-0.05, 0) is 59.9 Å². The Morgan fingerprint density at radius 1 is 0.879 bits per heavy atom. The molecule has 58 heavy (non-hydrogen) atoms. The van der Waals surface area contributed by atoms with Crippen LogP contribution in [0.15, 0.2) is 91.3 Å². The van der Waals surface area contributed by atoms with Crippen LogP contribution in [0, 0.1) is 5.92 Å². The van der Waals surface area contributed by atoms with Crippen molar-refractivity contribution >= 4 is 18.1 Å². The summed E-state index contributed by atoms with van der Waals surface area (Å²) < 4.78 is 22.3. The van der Waals surface area contributed by atoms with Gasteiger partial charge in [0.2, 0.25) is 5.91 Å². The van der Waals surface area contributed by atoms with E-state index in [1.54, 1.807) is 17.3 Å². The smallest absolute Gasteiger partial charge is 0.410 e. The van der Waals surface area contributed by atoms with Gasteiger partial charge in [-0.1, -0.05) is 92.7 Å². The highest BCUT2D eigenvalue weighted by Gasteiger charge is 2.38. The van der Waals surface area contributed by atoms with Gasteiger partial charge in [-0.2, -0.15) is 0 Å². The molecule has 14 nitrogen and oxygen atoms in total. The van der Waals surface area contributed by atoms with Gasteiger partial charge in [-0.25, -0.2) is 19.6 Å². The van der Waals surface area contributed by atoms with Gasteiger partial charge in [0.05, 0.1) is 63.2 Å². The Bertz CT molecular complexity index is 2140. The average Bonchev–Trinajstić information content (AvgIpc) is 4.04. The molecule has 0 aliphatic carbocycles. The summed E-state index contributed by atoms with van der Waals surface area (Å²) in [4.78, 5) is 58.3. The number of nitrogens with zero attached hydrogens (tertiary/aromatic N) is 4. The lowest BCUT2D eigenvalue weighted by molar-refractivity contribution is -0.261. The van der Waals surface area contributed by atoms with E-state index in [1.165, 1.54) is 7.11 Å². The van der Waals surface area contributed by atoms with Crippen LogP contribution in [0.2, 0.25) is 0 Å². The molecule has 304 valence electrons. The molecule has 3 aromatic carbocycles. The summed E-state index contributed by atoms with van der Waals surface area (Å²) >= 11 is 0. The summed E-state index contributed by atoms with van der Waals surface area (Å²) in [6.45, 7) is 7.87. The van der Waals surface area contributed by atoms with Gasteiger partial charge < -0.3 is 39.1 Å².